The molecule has 2 aromatic carbocycles. The molecule has 0 aliphatic rings. The van der Waals surface area contributed by atoms with Crippen LogP contribution in [0.2, 0.25) is 0 Å². The maximum Gasteiger partial charge on any atom is 0.224 e. The van der Waals surface area contributed by atoms with Crippen molar-refractivity contribution in [3.8, 4) is 5.75 Å². The number of likely N-dealkylation sites (N-methyl/N-ethyl adjacent to an activating group) is 1. The molecule has 4 nitrogen and oxygen atoms in total. The van der Waals surface area contributed by atoms with E-state index in [1.807, 2.05) is 24.3 Å². The molecular formula is C16H17FN2O2. The van der Waals surface area contributed by atoms with Crippen LogP contribution in [0.3, 0.4) is 0 Å². The molecule has 0 aliphatic heterocycles. The third-order valence-corrected chi connectivity index (χ3v) is 3.16. The van der Waals surface area contributed by atoms with Gasteiger partial charge in [-0.2, -0.15) is 0 Å². The molecule has 21 heavy (non-hydrogen) atoms. The van der Waals surface area contributed by atoms with Gasteiger partial charge in [-0.3, -0.25) is 4.79 Å². The Labute approximate surface area is 122 Å². The first-order valence-electron chi connectivity index (χ1n) is 6.60. The van der Waals surface area contributed by atoms with Crippen molar-refractivity contribution < 1.29 is 14.3 Å². The number of anilines is 1. The van der Waals surface area contributed by atoms with Crippen molar-refractivity contribution in [2.24, 2.45) is 0 Å². The molecule has 0 saturated heterocycles. The summed E-state index contributed by atoms with van der Waals surface area (Å²) in [6, 6.07) is 11.2. The molecule has 0 spiro atoms. The fraction of sp³-hybridized carbons (Fsp3) is 0.188. The Balaban J connectivity index is 2.13. The number of phenolic OH excluding ortho intramolecular Hbond substituents is 1. The van der Waals surface area contributed by atoms with Crippen LogP contribution in [-0.4, -0.2) is 18.1 Å². The van der Waals surface area contributed by atoms with Gasteiger partial charge in [0.1, 0.15) is 11.6 Å². The van der Waals surface area contributed by atoms with E-state index in [0.717, 1.165) is 11.3 Å². The van der Waals surface area contributed by atoms with Gasteiger partial charge < -0.3 is 15.7 Å². The fourth-order valence-electron chi connectivity index (χ4n) is 1.99. The topological polar surface area (TPSA) is 61.4 Å². The van der Waals surface area contributed by atoms with Crippen molar-refractivity contribution in [1.82, 2.24) is 5.32 Å². The van der Waals surface area contributed by atoms with Crippen LogP contribution in [0.15, 0.2) is 42.5 Å². The minimum Gasteiger partial charge on any atom is -0.508 e. The lowest BCUT2D eigenvalue weighted by molar-refractivity contribution is -0.119. The number of amides is 1. The van der Waals surface area contributed by atoms with Gasteiger partial charge in [0.05, 0.1) is 6.42 Å². The molecule has 5 heteroatoms. The van der Waals surface area contributed by atoms with Crippen molar-refractivity contribution in [2.45, 2.75) is 13.0 Å². The van der Waals surface area contributed by atoms with E-state index in [2.05, 4.69) is 10.6 Å². The summed E-state index contributed by atoms with van der Waals surface area (Å²) in [5, 5.41) is 15.4. The van der Waals surface area contributed by atoms with Gasteiger partial charge in [-0.25, -0.2) is 4.39 Å². The highest BCUT2D eigenvalue weighted by Crippen LogP contribution is 2.21. The van der Waals surface area contributed by atoms with E-state index in [9.17, 15) is 14.3 Å². The molecule has 0 unspecified atom stereocenters. The molecule has 2 rings (SSSR count). The van der Waals surface area contributed by atoms with Gasteiger partial charge in [-0.1, -0.05) is 18.2 Å². The zero-order chi connectivity index (χ0) is 15.2. The lowest BCUT2D eigenvalue weighted by atomic mass is 10.1. The summed E-state index contributed by atoms with van der Waals surface area (Å²) in [5.74, 6) is -0.450. The highest BCUT2D eigenvalue weighted by molar-refractivity contribution is 5.80. The second-order valence-electron chi connectivity index (χ2n) is 4.63. The van der Waals surface area contributed by atoms with Gasteiger partial charge in [0.15, 0.2) is 0 Å². The third-order valence-electron chi connectivity index (χ3n) is 3.16. The molecule has 1 amide bonds. The van der Waals surface area contributed by atoms with Crippen LogP contribution in [0.4, 0.5) is 10.1 Å². The number of carbonyl (C=O) groups excluding carboxylic acids is 1. The number of para-hydroxylation sites is 1. The van der Waals surface area contributed by atoms with Crippen molar-refractivity contribution in [2.75, 3.05) is 12.4 Å². The first-order valence-corrected chi connectivity index (χ1v) is 6.60. The monoisotopic (exact) mass is 288 g/mol. The standard InChI is InChI=1S/C16H17FN2O2/c1-18-16(21)9-11-4-2-3-5-14(11)19-10-12-8-13(17)6-7-15(12)20/h2-8,19-20H,9-10H2,1H3,(H,18,21). The van der Waals surface area contributed by atoms with Crippen LogP contribution in [0.1, 0.15) is 11.1 Å². The Kier molecular flexibility index (Phi) is 4.77. The molecule has 0 aliphatic carbocycles. The Morgan fingerprint density at radius 2 is 1.95 bits per heavy atom. The van der Waals surface area contributed by atoms with Gasteiger partial charge in [0.25, 0.3) is 0 Å². The van der Waals surface area contributed by atoms with Crippen LogP contribution in [0.25, 0.3) is 0 Å². The number of phenols is 1. The Morgan fingerprint density at radius 1 is 1.19 bits per heavy atom. The maximum atomic E-state index is 13.2. The van der Waals surface area contributed by atoms with E-state index >= 15 is 0 Å². The minimum absolute atomic E-state index is 0.0349. The summed E-state index contributed by atoms with van der Waals surface area (Å²) in [4.78, 5) is 11.5. The van der Waals surface area contributed by atoms with Gasteiger partial charge in [0.2, 0.25) is 5.91 Å². The summed E-state index contributed by atoms with van der Waals surface area (Å²) >= 11 is 0. The highest BCUT2D eigenvalue weighted by Gasteiger charge is 2.08. The third kappa shape index (κ3) is 3.95. The first-order chi connectivity index (χ1) is 10.1. The van der Waals surface area contributed by atoms with Gasteiger partial charge in [-0.05, 0) is 29.8 Å². The molecule has 0 radical (unpaired) electrons. The Morgan fingerprint density at radius 3 is 2.71 bits per heavy atom. The summed E-state index contributed by atoms with van der Waals surface area (Å²) in [6.45, 7) is 0.272. The molecule has 0 saturated carbocycles. The summed E-state index contributed by atoms with van der Waals surface area (Å²) in [7, 11) is 1.59. The second-order valence-corrected chi connectivity index (χ2v) is 4.63. The first kappa shape index (κ1) is 14.8. The minimum atomic E-state index is -0.400. The van der Waals surface area contributed by atoms with Crippen LogP contribution in [0, 0.1) is 5.82 Å². The molecule has 0 aromatic heterocycles. The molecule has 0 fully saturated rings. The average Bonchev–Trinajstić information content (AvgIpc) is 2.49. The zero-order valence-electron chi connectivity index (χ0n) is 11.7. The number of nitrogens with one attached hydrogen (secondary N) is 2. The predicted octanol–water partition coefficient (Wildman–Crippen LogP) is 2.43. The van der Waals surface area contributed by atoms with E-state index < -0.39 is 5.82 Å². The molecule has 2 aromatic rings. The number of rotatable bonds is 5. The van der Waals surface area contributed by atoms with E-state index in [1.54, 1.807) is 7.05 Å². The number of carbonyl (C=O) groups is 1. The van der Waals surface area contributed by atoms with Gasteiger partial charge in [0, 0.05) is 24.8 Å². The fourth-order valence-corrected chi connectivity index (χ4v) is 1.99. The molecule has 3 N–H and O–H groups in total. The van der Waals surface area contributed by atoms with Crippen molar-refractivity contribution >= 4 is 11.6 Å². The Hall–Kier alpha value is -2.56. The Bertz CT molecular complexity index is 644. The largest absolute Gasteiger partial charge is 0.508 e. The lowest BCUT2D eigenvalue weighted by Crippen LogP contribution is -2.20. The quantitative estimate of drug-likeness (QED) is 0.792. The van der Waals surface area contributed by atoms with Crippen LogP contribution < -0.4 is 10.6 Å². The normalized spacial score (nSPS) is 10.2. The van der Waals surface area contributed by atoms with E-state index in [4.69, 9.17) is 0 Å². The molecule has 110 valence electrons. The number of aromatic hydroxyl groups is 1. The van der Waals surface area contributed by atoms with Crippen LogP contribution in [-0.2, 0) is 17.8 Å². The molecule has 0 atom stereocenters. The van der Waals surface area contributed by atoms with Crippen molar-refractivity contribution in [3.63, 3.8) is 0 Å². The number of hydrogen-bond acceptors (Lipinski definition) is 3. The summed E-state index contributed by atoms with van der Waals surface area (Å²) in [5.41, 5.74) is 2.09. The van der Waals surface area contributed by atoms with Gasteiger partial charge in [-0.15, -0.1) is 0 Å². The summed E-state index contributed by atoms with van der Waals surface area (Å²) < 4.78 is 13.2. The number of hydrogen-bond donors (Lipinski definition) is 3. The van der Waals surface area contributed by atoms with Crippen LogP contribution >= 0.6 is 0 Å². The van der Waals surface area contributed by atoms with Gasteiger partial charge >= 0.3 is 0 Å². The molecule has 0 heterocycles. The summed E-state index contributed by atoms with van der Waals surface area (Å²) in [6.07, 6.45) is 0.259. The zero-order valence-corrected chi connectivity index (χ0v) is 11.7. The average molecular weight is 288 g/mol. The van der Waals surface area contributed by atoms with Crippen molar-refractivity contribution in [3.05, 3.63) is 59.4 Å². The smallest absolute Gasteiger partial charge is 0.224 e. The molecule has 0 bridgehead atoms. The van der Waals surface area contributed by atoms with Crippen LogP contribution in [0.5, 0.6) is 5.75 Å². The lowest BCUT2D eigenvalue weighted by Gasteiger charge is -2.12. The highest BCUT2D eigenvalue weighted by atomic mass is 19.1. The predicted molar refractivity (Wildman–Crippen MR) is 79.6 cm³/mol. The maximum absolute atomic E-state index is 13.2. The van der Waals surface area contributed by atoms with Crippen molar-refractivity contribution in [1.29, 1.82) is 0 Å². The van der Waals surface area contributed by atoms with E-state index in [0.29, 0.717) is 5.56 Å². The van der Waals surface area contributed by atoms with E-state index in [-0.39, 0.29) is 24.6 Å². The SMILES string of the molecule is CNC(=O)Cc1ccccc1NCc1cc(F)ccc1O. The van der Waals surface area contributed by atoms with E-state index in [1.165, 1.54) is 18.2 Å². The number of halogens is 1. The second kappa shape index (κ2) is 6.74. The molecular weight excluding hydrogens is 271 g/mol. The number of benzene rings is 2.